The van der Waals surface area contributed by atoms with E-state index in [1.54, 1.807) is 0 Å². The van der Waals surface area contributed by atoms with Crippen LogP contribution < -0.4 is 11.1 Å². The van der Waals surface area contributed by atoms with Crippen LogP contribution in [0.3, 0.4) is 0 Å². The Morgan fingerprint density at radius 2 is 2.00 bits per heavy atom. The molecule has 3 nitrogen and oxygen atoms in total. The van der Waals surface area contributed by atoms with Gasteiger partial charge in [0.05, 0.1) is 12.7 Å². The van der Waals surface area contributed by atoms with Gasteiger partial charge >= 0.3 is 0 Å². The first-order chi connectivity index (χ1) is 5.66. The summed E-state index contributed by atoms with van der Waals surface area (Å²) in [6, 6.07) is 0.505. The van der Waals surface area contributed by atoms with E-state index in [1.807, 2.05) is 13.8 Å². The van der Waals surface area contributed by atoms with Gasteiger partial charge in [0.25, 0.3) is 0 Å². The number of rotatable bonds is 7. The van der Waals surface area contributed by atoms with Crippen LogP contribution in [0.25, 0.3) is 0 Å². The highest BCUT2D eigenvalue weighted by atomic mass is 16.5. The lowest BCUT2D eigenvalue weighted by Crippen LogP contribution is -2.31. The molecule has 3 heteroatoms. The van der Waals surface area contributed by atoms with Gasteiger partial charge in [-0.1, -0.05) is 0 Å². The van der Waals surface area contributed by atoms with Crippen molar-refractivity contribution >= 4 is 0 Å². The fourth-order valence-corrected chi connectivity index (χ4v) is 0.952. The van der Waals surface area contributed by atoms with Gasteiger partial charge in [0.15, 0.2) is 0 Å². The minimum absolute atomic E-state index is 0.330. The van der Waals surface area contributed by atoms with Gasteiger partial charge in [-0.3, -0.25) is 0 Å². The summed E-state index contributed by atoms with van der Waals surface area (Å²) in [5.74, 6) is 0. The standard InChI is InChI=1S/C9H22N2O/c1-8(2)12-7-6-11-9(3)4-5-10/h8-9,11H,4-7,10H2,1-3H3. The van der Waals surface area contributed by atoms with E-state index in [0.717, 1.165) is 26.1 Å². The maximum Gasteiger partial charge on any atom is 0.0594 e. The van der Waals surface area contributed by atoms with Gasteiger partial charge in [0, 0.05) is 12.6 Å². The van der Waals surface area contributed by atoms with Crippen molar-refractivity contribution in [1.82, 2.24) is 5.32 Å². The highest BCUT2D eigenvalue weighted by Crippen LogP contribution is 1.88. The largest absolute Gasteiger partial charge is 0.377 e. The fourth-order valence-electron chi connectivity index (χ4n) is 0.952. The summed E-state index contributed by atoms with van der Waals surface area (Å²) in [6.45, 7) is 8.68. The van der Waals surface area contributed by atoms with Crippen LogP contribution in [-0.2, 0) is 4.74 Å². The second-order valence-electron chi connectivity index (χ2n) is 3.35. The van der Waals surface area contributed by atoms with Crippen LogP contribution in [0.1, 0.15) is 27.2 Å². The molecule has 0 aromatic heterocycles. The van der Waals surface area contributed by atoms with Crippen molar-refractivity contribution in [3.05, 3.63) is 0 Å². The van der Waals surface area contributed by atoms with Crippen molar-refractivity contribution in [2.24, 2.45) is 5.73 Å². The van der Waals surface area contributed by atoms with E-state index in [2.05, 4.69) is 12.2 Å². The van der Waals surface area contributed by atoms with E-state index in [4.69, 9.17) is 10.5 Å². The topological polar surface area (TPSA) is 47.3 Å². The van der Waals surface area contributed by atoms with Crippen LogP contribution in [-0.4, -0.2) is 31.8 Å². The summed E-state index contributed by atoms with van der Waals surface area (Å²) in [5.41, 5.74) is 5.41. The minimum Gasteiger partial charge on any atom is -0.377 e. The highest BCUT2D eigenvalue weighted by Gasteiger charge is 1.98. The molecule has 0 bridgehead atoms. The Bertz CT molecular complexity index is 96.5. The van der Waals surface area contributed by atoms with Crippen molar-refractivity contribution in [2.75, 3.05) is 19.7 Å². The fraction of sp³-hybridized carbons (Fsp3) is 1.00. The summed E-state index contributed by atoms with van der Waals surface area (Å²) in [4.78, 5) is 0. The van der Waals surface area contributed by atoms with Crippen LogP contribution >= 0.6 is 0 Å². The Morgan fingerprint density at radius 1 is 1.33 bits per heavy atom. The molecule has 0 heterocycles. The average Bonchev–Trinajstić information content (AvgIpc) is 1.98. The normalized spacial score (nSPS) is 13.8. The molecule has 0 rings (SSSR count). The molecule has 3 N–H and O–H groups in total. The molecule has 74 valence electrons. The molecular formula is C9H22N2O. The average molecular weight is 174 g/mol. The van der Waals surface area contributed by atoms with Gasteiger partial charge in [-0.15, -0.1) is 0 Å². The number of ether oxygens (including phenoxy) is 1. The van der Waals surface area contributed by atoms with Crippen molar-refractivity contribution in [1.29, 1.82) is 0 Å². The maximum absolute atomic E-state index is 5.41. The first-order valence-electron chi connectivity index (χ1n) is 4.72. The van der Waals surface area contributed by atoms with Crippen LogP contribution in [0.4, 0.5) is 0 Å². The molecule has 0 spiro atoms. The molecule has 0 saturated carbocycles. The molecule has 0 aromatic rings. The second kappa shape index (κ2) is 7.53. The van der Waals surface area contributed by atoms with E-state index < -0.39 is 0 Å². The molecule has 0 radical (unpaired) electrons. The molecule has 0 aliphatic rings. The summed E-state index contributed by atoms with van der Waals surface area (Å²) >= 11 is 0. The molecule has 1 atom stereocenters. The van der Waals surface area contributed by atoms with E-state index in [-0.39, 0.29) is 0 Å². The van der Waals surface area contributed by atoms with Crippen molar-refractivity contribution in [3.8, 4) is 0 Å². The van der Waals surface area contributed by atoms with E-state index in [0.29, 0.717) is 12.1 Å². The van der Waals surface area contributed by atoms with Gasteiger partial charge in [-0.05, 0) is 33.7 Å². The lowest BCUT2D eigenvalue weighted by atomic mass is 10.2. The minimum atomic E-state index is 0.330. The molecule has 1 unspecified atom stereocenters. The summed E-state index contributed by atoms with van der Waals surface area (Å²) in [7, 11) is 0. The molecule has 12 heavy (non-hydrogen) atoms. The van der Waals surface area contributed by atoms with Gasteiger partial charge in [0.1, 0.15) is 0 Å². The Hall–Kier alpha value is -0.120. The van der Waals surface area contributed by atoms with Crippen LogP contribution in [0.5, 0.6) is 0 Å². The Balaban J connectivity index is 3.08. The highest BCUT2D eigenvalue weighted by molar-refractivity contribution is 4.60. The van der Waals surface area contributed by atoms with E-state index >= 15 is 0 Å². The van der Waals surface area contributed by atoms with Gasteiger partial charge in [-0.2, -0.15) is 0 Å². The van der Waals surface area contributed by atoms with E-state index in [9.17, 15) is 0 Å². The van der Waals surface area contributed by atoms with Crippen molar-refractivity contribution in [3.63, 3.8) is 0 Å². The molecule has 0 amide bonds. The molecule has 0 fully saturated rings. The van der Waals surface area contributed by atoms with Crippen molar-refractivity contribution < 1.29 is 4.74 Å². The maximum atomic E-state index is 5.41. The predicted octanol–water partition coefficient (Wildman–Crippen LogP) is 0.738. The quantitative estimate of drug-likeness (QED) is 0.560. The Morgan fingerprint density at radius 3 is 2.50 bits per heavy atom. The Labute approximate surface area is 75.7 Å². The second-order valence-corrected chi connectivity index (χ2v) is 3.35. The van der Waals surface area contributed by atoms with Crippen molar-refractivity contribution in [2.45, 2.75) is 39.3 Å². The summed E-state index contributed by atoms with van der Waals surface area (Å²) in [5, 5.41) is 3.33. The molecule has 0 aliphatic carbocycles. The SMILES string of the molecule is CC(CCN)NCCOC(C)C. The monoisotopic (exact) mass is 174 g/mol. The van der Waals surface area contributed by atoms with Crippen LogP contribution in [0.2, 0.25) is 0 Å². The third kappa shape index (κ3) is 7.98. The summed E-state index contributed by atoms with van der Waals surface area (Å²) in [6.07, 6.45) is 1.36. The lowest BCUT2D eigenvalue weighted by molar-refractivity contribution is 0.0795. The third-order valence-corrected chi connectivity index (χ3v) is 1.65. The zero-order chi connectivity index (χ0) is 9.40. The van der Waals surface area contributed by atoms with Gasteiger partial charge in [-0.25, -0.2) is 0 Å². The molecular weight excluding hydrogens is 152 g/mol. The number of nitrogens with two attached hydrogens (primary N) is 1. The van der Waals surface area contributed by atoms with E-state index in [1.165, 1.54) is 0 Å². The van der Waals surface area contributed by atoms with Gasteiger partial charge in [0.2, 0.25) is 0 Å². The van der Waals surface area contributed by atoms with Crippen LogP contribution in [0.15, 0.2) is 0 Å². The first kappa shape index (κ1) is 11.9. The molecule has 0 saturated heterocycles. The zero-order valence-electron chi connectivity index (χ0n) is 8.47. The first-order valence-corrected chi connectivity index (χ1v) is 4.72. The Kier molecular flexibility index (Phi) is 7.45. The predicted molar refractivity (Wildman–Crippen MR) is 52.2 cm³/mol. The molecule has 0 aliphatic heterocycles. The smallest absolute Gasteiger partial charge is 0.0594 e. The number of hydrogen-bond donors (Lipinski definition) is 2. The zero-order valence-corrected chi connectivity index (χ0v) is 8.47. The number of hydrogen-bond acceptors (Lipinski definition) is 3. The molecule has 0 aromatic carbocycles. The van der Waals surface area contributed by atoms with Crippen LogP contribution in [0, 0.1) is 0 Å². The van der Waals surface area contributed by atoms with Gasteiger partial charge < -0.3 is 15.8 Å². The third-order valence-electron chi connectivity index (χ3n) is 1.65. The lowest BCUT2D eigenvalue weighted by Gasteiger charge is -2.13. The number of nitrogens with one attached hydrogen (secondary N) is 1. The summed E-state index contributed by atoms with van der Waals surface area (Å²) < 4.78 is 5.38.